The fourth-order valence-electron chi connectivity index (χ4n) is 7.83. The lowest BCUT2D eigenvalue weighted by Crippen LogP contribution is -2.46. The maximum Gasteiger partial charge on any atom is 0.312 e. The average molecular weight is 858 g/mol. The summed E-state index contributed by atoms with van der Waals surface area (Å²) in [7, 11) is -1.87. The molecule has 4 aliphatic heterocycles. The molecule has 0 saturated carbocycles. The Bertz CT molecular complexity index is 2260. The zero-order valence-corrected chi connectivity index (χ0v) is 35.9. The van der Waals surface area contributed by atoms with Gasteiger partial charge in [0.2, 0.25) is 0 Å². The van der Waals surface area contributed by atoms with Crippen LogP contribution in [0.3, 0.4) is 0 Å². The quantitative estimate of drug-likeness (QED) is 0.111. The first-order valence-electron chi connectivity index (χ1n) is 19.6. The number of phenols is 3. The molecule has 60 heavy (non-hydrogen) atoms. The molecule has 4 heterocycles. The van der Waals surface area contributed by atoms with Crippen molar-refractivity contribution >= 4 is 50.2 Å². The predicted octanol–water partition coefficient (Wildman–Crippen LogP) is 3.82. The molecule has 17 nitrogen and oxygen atoms in total. The second kappa shape index (κ2) is 17.8. The fraction of sp³-hybridized carbons (Fsp3) is 0.524. The molecule has 4 aliphatic rings. The molecule has 5 bridgehead atoms. The summed E-state index contributed by atoms with van der Waals surface area (Å²) in [6.45, 7) is 12.3. The Balaban J connectivity index is 1.71. The minimum atomic E-state index is -3.28. The molecular weight excluding hydrogens is 803 g/mol. The number of anilines is 1. The van der Waals surface area contributed by atoms with E-state index in [4.69, 9.17) is 18.9 Å². The van der Waals surface area contributed by atoms with Crippen LogP contribution in [0.25, 0.3) is 10.8 Å². The lowest BCUT2D eigenvalue weighted by Gasteiger charge is -2.38. The van der Waals surface area contributed by atoms with Crippen LogP contribution in [-0.4, -0.2) is 125 Å². The Labute approximate surface area is 348 Å². The van der Waals surface area contributed by atoms with Gasteiger partial charge in [0.05, 0.1) is 77.6 Å². The van der Waals surface area contributed by atoms with Crippen molar-refractivity contribution in [3.05, 3.63) is 52.8 Å². The molecule has 9 unspecified atom stereocenters. The Kier molecular flexibility index (Phi) is 13.6. The number of allylic oxidation sites excluding steroid dienone is 2. The van der Waals surface area contributed by atoms with E-state index in [1.54, 1.807) is 33.8 Å². The summed E-state index contributed by atoms with van der Waals surface area (Å²) in [5.41, 5.74) is -0.791. The van der Waals surface area contributed by atoms with E-state index in [2.05, 4.69) is 10.4 Å². The van der Waals surface area contributed by atoms with E-state index >= 15 is 0 Å². The second-order valence-electron chi connectivity index (χ2n) is 16.0. The van der Waals surface area contributed by atoms with E-state index < -0.39 is 98.6 Å². The number of esters is 1. The predicted molar refractivity (Wildman–Crippen MR) is 222 cm³/mol. The van der Waals surface area contributed by atoms with Crippen LogP contribution in [0.15, 0.2) is 41.2 Å². The second-order valence-corrected chi connectivity index (χ2v) is 18.3. The Morgan fingerprint density at radius 3 is 2.23 bits per heavy atom. The van der Waals surface area contributed by atoms with Gasteiger partial charge in [0.15, 0.2) is 15.6 Å². The van der Waals surface area contributed by atoms with Crippen molar-refractivity contribution in [2.75, 3.05) is 37.0 Å². The van der Waals surface area contributed by atoms with Crippen LogP contribution >= 0.6 is 0 Å². The van der Waals surface area contributed by atoms with Crippen LogP contribution in [-0.2, 0) is 33.6 Å². The number of ketones is 1. The molecule has 1 fully saturated rings. The van der Waals surface area contributed by atoms with Crippen LogP contribution in [0.5, 0.6) is 23.0 Å². The number of carbonyl (C=O) groups excluding carboxylic acids is 3. The number of hydrazone groups is 1. The number of methoxy groups -OCH3 is 1. The van der Waals surface area contributed by atoms with Crippen LogP contribution in [0.4, 0.5) is 5.69 Å². The van der Waals surface area contributed by atoms with Crippen molar-refractivity contribution in [2.24, 2.45) is 28.8 Å². The fourth-order valence-corrected chi connectivity index (χ4v) is 9.01. The average Bonchev–Trinajstić information content (AvgIpc) is 3.46. The molecule has 1 saturated heterocycles. The highest BCUT2D eigenvalue weighted by Crippen LogP contribution is 2.55. The molecule has 2 aromatic carbocycles. The molecular formula is C42H55N3O14S. The third-order valence-corrected chi connectivity index (χ3v) is 13.3. The number of ether oxygens (including phenoxy) is 4. The number of fused-ring (bicyclic) bond motifs is 14. The maximum atomic E-state index is 14.4. The maximum absolute atomic E-state index is 14.4. The number of rotatable bonds is 4. The van der Waals surface area contributed by atoms with Gasteiger partial charge in [-0.2, -0.15) is 5.10 Å². The first-order valence-corrected chi connectivity index (χ1v) is 21.4. The van der Waals surface area contributed by atoms with Gasteiger partial charge in [-0.05, 0) is 19.9 Å². The summed E-state index contributed by atoms with van der Waals surface area (Å²) in [5, 5.41) is 65.9. The minimum absolute atomic E-state index is 0.00232. The smallest absolute Gasteiger partial charge is 0.312 e. The Morgan fingerprint density at radius 1 is 0.967 bits per heavy atom. The van der Waals surface area contributed by atoms with Crippen molar-refractivity contribution in [1.82, 2.24) is 5.01 Å². The van der Waals surface area contributed by atoms with E-state index in [1.807, 2.05) is 0 Å². The van der Waals surface area contributed by atoms with Crippen LogP contribution in [0.2, 0.25) is 0 Å². The molecule has 0 radical (unpaired) electrons. The molecule has 328 valence electrons. The van der Waals surface area contributed by atoms with Crippen molar-refractivity contribution in [2.45, 2.75) is 85.6 Å². The van der Waals surface area contributed by atoms with E-state index in [9.17, 15) is 48.3 Å². The van der Waals surface area contributed by atoms with E-state index in [0.717, 1.165) is 12.5 Å². The third-order valence-electron chi connectivity index (χ3n) is 11.7. The SMILES string of the molecule is COC1/C=C/OC2(C)Oc3c(C)c(O)c4c(O)c(c(/C=N/N5CCS(=O)(=O)CC5)c(O)c4c3C2=O)NC(=O)/C(C)=C\C=C\C(C)C(O)C(C)C(O)C(C)C(OC(C)=O)C1C. The lowest BCUT2D eigenvalue weighted by molar-refractivity contribution is -0.160. The van der Waals surface area contributed by atoms with Crippen molar-refractivity contribution in [1.29, 1.82) is 0 Å². The first-order chi connectivity index (χ1) is 28.0. The standard InChI is InChI=1S/C42H55N3O14S/c1-20-11-10-12-21(2)41(53)44-32-27(19-43-45-14-17-60(54,55)18-15-45)36(50)29-30(37(32)51)35(49)25(6)39-31(29)40(52)42(8,59-39)57-16-13-28(56-9)22(3)38(58-26(7)46)24(5)34(48)23(4)33(20)47/h10-13,16,19-20,22-24,28,33-34,38,47-51H,14-15,17-18H2,1-9H3,(H,44,53)/b11-10+,16-13+,21-12-,43-19+. The number of nitrogens with zero attached hydrogens (tertiary/aromatic N) is 2. The summed E-state index contributed by atoms with van der Waals surface area (Å²) in [5.74, 6) is -9.35. The molecule has 9 atom stereocenters. The Morgan fingerprint density at radius 2 is 1.62 bits per heavy atom. The van der Waals surface area contributed by atoms with Gasteiger partial charge in [0, 0.05) is 61.2 Å². The molecule has 1 amide bonds. The number of aromatic hydroxyl groups is 3. The van der Waals surface area contributed by atoms with E-state index in [-0.39, 0.29) is 69.1 Å². The van der Waals surface area contributed by atoms with Crippen molar-refractivity contribution in [3.8, 4) is 23.0 Å². The number of nitrogens with one attached hydrogen (secondary N) is 1. The van der Waals surface area contributed by atoms with Crippen molar-refractivity contribution < 1.29 is 67.3 Å². The van der Waals surface area contributed by atoms with Crippen LogP contribution in [0.1, 0.15) is 70.0 Å². The van der Waals surface area contributed by atoms with Crippen LogP contribution in [0, 0.1) is 30.6 Å². The summed E-state index contributed by atoms with van der Waals surface area (Å²) < 4.78 is 47.6. The number of aliphatic hydroxyl groups is 2. The molecule has 0 aliphatic carbocycles. The van der Waals surface area contributed by atoms with Gasteiger partial charge >= 0.3 is 11.8 Å². The highest BCUT2D eigenvalue weighted by molar-refractivity contribution is 7.91. The third kappa shape index (κ3) is 8.96. The molecule has 18 heteroatoms. The summed E-state index contributed by atoms with van der Waals surface area (Å²) in [6, 6.07) is 0. The monoisotopic (exact) mass is 857 g/mol. The largest absolute Gasteiger partial charge is 0.507 e. The van der Waals surface area contributed by atoms with Gasteiger partial charge in [0.1, 0.15) is 23.4 Å². The van der Waals surface area contributed by atoms with Gasteiger partial charge in [-0.3, -0.25) is 19.4 Å². The first kappa shape index (κ1) is 45.9. The number of phenolic OH excluding ortho intramolecular Hbond substituents is 3. The zero-order chi connectivity index (χ0) is 44.6. The number of amides is 1. The summed E-state index contributed by atoms with van der Waals surface area (Å²) >= 11 is 0. The topological polar surface area (TPSA) is 251 Å². The minimum Gasteiger partial charge on any atom is -0.507 e. The number of hydrogen-bond acceptors (Lipinski definition) is 16. The zero-order valence-electron chi connectivity index (χ0n) is 35.1. The summed E-state index contributed by atoms with van der Waals surface area (Å²) in [6.07, 6.45) is 4.36. The lowest BCUT2D eigenvalue weighted by atomic mass is 9.78. The molecule has 6 N–H and O–H groups in total. The highest BCUT2D eigenvalue weighted by atomic mass is 32.2. The number of Topliss-reactive ketones (excluding diaryl/α,β-unsaturated/α-hetero) is 1. The van der Waals surface area contributed by atoms with Crippen molar-refractivity contribution in [3.63, 3.8) is 0 Å². The number of hydrogen-bond donors (Lipinski definition) is 6. The number of sulfone groups is 1. The number of aliphatic hydroxyl groups excluding tert-OH is 2. The highest BCUT2D eigenvalue weighted by Gasteiger charge is 2.50. The molecule has 0 spiro atoms. The van der Waals surface area contributed by atoms with Gasteiger partial charge in [-0.1, -0.05) is 45.9 Å². The van der Waals surface area contributed by atoms with Crippen LogP contribution < -0.4 is 10.1 Å². The number of carbonyl (C=O) groups is 3. The molecule has 6 rings (SSSR count). The van der Waals surface area contributed by atoms with E-state index in [0.29, 0.717) is 0 Å². The van der Waals surface area contributed by atoms with Gasteiger partial charge in [-0.15, -0.1) is 0 Å². The molecule has 0 aromatic heterocycles. The molecule has 2 aromatic rings. The van der Waals surface area contributed by atoms with Gasteiger partial charge < -0.3 is 49.8 Å². The summed E-state index contributed by atoms with van der Waals surface area (Å²) in [4.78, 5) is 40.4. The van der Waals surface area contributed by atoms with E-state index in [1.165, 1.54) is 58.0 Å². The normalized spacial score (nSPS) is 32.2. The Hall–Kier alpha value is -5.17. The van der Waals surface area contributed by atoms with Gasteiger partial charge in [0.25, 0.3) is 11.7 Å². The van der Waals surface area contributed by atoms with Gasteiger partial charge in [-0.25, -0.2) is 8.42 Å². The number of benzene rings is 2.